The van der Waals surface area contributed by atoms with Crippen LogP contribution < -0.4 is 0 Å². The summed E-state index contributed by atoms with van der Waals surface area (Å²) < 4.78 is 0. The smallest absolute Gasteiger partial charge is 0.118 e. The molecule has 0 amide bonds. The van der Waals surface area contributed by atoms with Gasteiger partial charge in [-0.2, -0.15) is 0 Å². The molecule has 0 aliphatic heterocycles. The van der Waals surface area contributed by atoms with Gasteiger partial charge in [0, 0.05) is 6.42 Å². The van der Waals surface area contributed by atoms with Crippen LogP contribution >= 0.6 is 0 Å². The molecule has 2 N–H and O–H groups in total. The predicted molar refractivity (Wildman–Crippen MR) is 64.7 cm³/mol. The molecule has 0 unspecified atom stereocenters. The average Bonchev–Trinajstić information content (AvgIpc) is 2.86. The second-order valence-corrected chi connectivity index (χ2v) is 5.99. The molecule has 0 heterocycles. The molecule has 1 aromatic rings. The Labute approximate surface area is 96.9 Å². The Hall–Kier alpha value is -1.02. The van der Waals surface area contributed by atoms with Gasteiger partial charge in [0.2, 0.25) is 0 Å². The minimum Gasteiger partial charge on any atom is -0.508 e. The molecule has 0 saturated heterocycles. The van der Waals surface area contributed by atoms with Crippen LogP contribution in [0.2, 0.25) is 0 Å². The van der Waals surface area contributed by atoms with Crippen molar-refractivity contribution in [2.75, 3.05) is 0 Å². The van der Waals surface area contributed by atoms with Gasteiger partial charge in [-0.1, -0.05) is 32.9 Å². The van der Waals surface area contributed by atoms with E-state index in [2.05, 4.69) is 20.8 Å². The van der Waals surface area contributed by atoms with Crippen LogP contribution in [0.1, 0.15) is 44.7 Å². The second-order valence-electron chi connectivity index (χ2n) is 5.99. The zero-order chi connectivity index (χ0) is 12.0. The molecule has 1 aliphatic rings. The number of phenols is 1. The monoisotopic (exact) mass is 220 g/mol. The van der Waals surface area contributed by atoms with Gasteiger partial charge in [0.1, 0.15) is 5.75 Å². The zero-order valence-electron chi connectivity index (χ0n) is 10.2. The highest BCUT2D eigenvalue weighted by Crippen LogP contribution is 2.40. The van der Waals surface area contributed by atoms with Crippen LogP contribution in [0.4, 0.5) is 0 Å². The predicted octanol–water partition coefficient (Wildman–Crippen LogP) is 2.76. The molecule has 16 heavy (non-hydrogen) atoms. The van der Waals surface area contributed by atoms with Crippen molar-refractivity contribution in [1.29, 1.82) is 0 Å². The maximum atomic E-state index is 9.89. The summed E-state index contributed by atoms with van der Waals surface area (Å²) in [6, 6.07) is 5.71. The summed E-state index contributed by atoms with van der Waals surface area (Å²) in [7, 11) is 0. The fourth-order valence-electron chi connectivity index (χ4n) is 1.87. The van der Waals surface area contributed by atoms with E-state index in [9.17, 15) is 10.2 Å². The highest BCUT2D eigenvalue weighted by atomic mass is 16.3. The Morgan fingerprint density at radius 1 is 1.25 bits per heavy atom. The maximum Gasteiger partial charge on any atom is 0.118 e. The molecule has 1 aliphatic carbocycles. The van der Waals surface area contributed by atoms with Gasteiger partial charge in [-0.25, -0.2) is 0 Å². The quantitative estimate of drug-likeness (QED) is 0.804. The van der Waals surface area contributed by atoms with Crippen molar-refractivity contribution in [2.45, 2.75) is 51.0 Å². The summed E-state index contributed by atoms with van der Waals surface area (Å²) in [5.74, 6) is 0.299. The Kier molecular flexibility index (Phi) is 2.50. The minimum absolute atomic E-state index is 0.0780. The van der Waals surface area contributed by atoms with Crippen molar-refractivity contribution in [3.8, 4) is 5.75 Å². The number of benzene rings is 1. The third-order valence-electron chi connectivity index (χ3n) is 3.29. The Balaban J connectivity index is 2.29. The molecule has 0 spiro atoms. The third kappa shape index (κ3) is 2.38. The SMILES string of the molecule is CC(C)(C)c1ccc(O)c(CC2(O)CC2)c1. The van der Waals surface area contributed by atoms with Gasteiger partial charge in [-0.15, -0.1) is 0 Å². The van der Waals surface area contributed by atoms with Gasteiger partial charge in [0.15, 0.2) is 0 Å². The molecule has 2 rings (SSSR count). The molecule has 0 radical (unpaired) electrons. The summed E-state index contributed by atoms with van der Waals surface area (Å²) in [6.07, 6.45) is 2.28. The van der Waals surface area contributed by atoms with Crippen LogP contribution in [-0.4, -0.2) is 15.8 Å². The highest BCUT2D eigenvalue weighted by molar-refractivity contribution is 5.40. The highest BCUT2D eigenvalue weighted by Gasteiger charge is 2.40. The van der Waals surface area contributed by atoms with E-state index in [0.717, 1.165) is 18.4 Å². The molecule has 88 valence electrons. The zero-order valence-corrected chi connectivity index (χ0v) is 10.2. The van der Waals surface area contributed by atoms with Gasteiger partial charge in [-0.05, 0) is 35.4 Å². The Morgan fingerprint density at radius 3 is 2.38 bits per heavy atom. The summed E-state index contributed by atoms with van der Waals surface area (Å²) in [5.41, 5.74) is 1.60. The van der Waals surface area contributed by atoms with Crippen LogP contribution in [-0.2, 0) is 11.8 Å². The number of rotatable bonds is 2. The normalized spacial score (nSPS) is 18.5. The van der Waals surface area contributed by atoms with Crippen molar-refractivity contribution in [3.63, 3.8) is 0 Å². The lowest BCUT2D eigenvalue weighted by Crippen LogP contribution is -2.14. The second kappa shape index (κ2) is 3.49. The van der Waals surface area contributed by atoms with E-state index in [1.807, 2.05) is 12.1 Å². The molecule has 1 saturated carbocycles. The molecule has 0 aromatic heterocycles. The van der Waals surface area contributed by atoms with E-state index in [1.54, 1.807) is 6.07 Å². The van der Waals surface area contributed by atoms with Crippen molar-refractivity contribution < 1.29 is 10.2 Å². The number of phenolic OH excluding ortho intramolecular Hbond substituents is 1. The fraction of sp³-hybridized carbons (Fsp3) is 0.571. The molecule has 1 fully saturated rings. The summed E-state index contributed by atoms with van der Waals surface area (Å²) in [5, 5.41) is 19.7. The van der Waals surface area contributed by atoms with Gasteiger partial charge < -0.3 is 10.2 Å². The Morgan fingerprint density at radius 2 is 1.88 bits per heavy atom. The molecule has 0 atom stereocenters. The molecule has 1 aromatic carbocycles. The first-order valence-corrected chi connectivity index (χ1v) is 5.85. The standard InChI is InChI=1S/C14H20O2/c1-13(2,3)11-4-5-12(15)10(8-11)9-14(16)6-7-14/h4-5,8,15-16H,6-7,9H2,1-3H3. The van der Waals surface area contributed by atoms with Gasteiger partial charge in [-0.3, -0.25) is 0 Å². The van der Waals surface area contributed by atoms with E-state index in [0.29, 0.717) is 12.2 Å². The van der Waals surface area contributed by atoms with Crippen LogP contribution in [0, 0.1) is 0 Å². The topological polar surface area (TPSA) is 40.5 Å². The van der Waals surface area contributed by atoms with Gasteiger partial charge >= 0.3 is 0 Å². The van der Waals surface area contributed by atoms with E-state index in [1.165, 1.54) is 5.56 Å². The summed E-state index contributed by atoms with van der Waals surface area (Å²) in [4.78, 5) is 0. The van der Waals surface area contributed by atoms with Gasteiger partial charge in [0.25, 0.3) is 0 Å². The van der Waals surface area contributed by atoms with Crippen molar-refractivity contribution in [3.05, 3.63) is 29.3 Å². The number of aliphatic hydroxyl groups is 1. The first-order chi connectivity index (χ1) is 7.30. The van der Waals surface area contributed by atoms with Crippen LogP contribution in [0.3, 0.4) is 0 Å². The number of aromatic hydroxyl groups is 1. The summed E-state index contributed by atoms with van der Waals surface area (Å²) >= 11 is 0. The van der Waals surface area contributed by atoms with Crippen LogP contribution in [0.15, 0.2) is 18.2 Å². The van der Waals surface area contributed by atoms with Gasteiger partial charge in [0.05, 0.1) is 5.60 Å². The summed E-state index contributed by atoms with van der Waals surface area (Å²) in [6.45, 7) is 6.44. The Bertz CT molecular complexity index is 398. The van der Waals surface area contributed by atoms with E-state index >= 15 is 0 Å². The molecule has 2 nitrogen and oxygen atoms in total. The van der Waals surface area contributed by atoms with E-state index < -0.39 is 5.60 Å². The molecular weight excluding hydrogens is 200 g/mol. The van der Waals surface area contributed by atoms with Crippen molar-refractivity contribution in [1.82, 2.24) is 0 Å². The first-order valence-electron chi connectivity index (χ1n) is 5.85. The number of hydrogen-bond donors (Lipinski definition) is 2. The lowest BCUT2D eigenvalue weighted by Gasteiger charge is -2.21. The first kappa shape index (κ1) is 11.5. The lowest BCUT2D eigenvalue weighted by atomic mass is 9.85. The molecule has 2 heteroatoms. The van der Waals surface area contributed by atoms with Crippen molar-refractivity contribution in [2.24, 2.45) is 0 Å². The largest absolute Gasteiger partial charge is 0.508 e. The molecular formula is C14H20O2. The van der Waals surface area contributed by atoms with Crippen LogP contribution in [0.5, 0.6) is 5.75 Å². The minimum atomic E-state index is -0.548. The van der Waals surface area contributed by atoms with E-state index in [4.69, 9.17) is 0 Å². The van der Waals surface area contributed by atoms with E-state index in [-0.39, 0.29) is 5.41 Å². The lowest BCUT2D eigenvalue weighted by molar-refractivity contribution is 0.150. The molecule has 0 bridgehead atoms. The average molecular weight is 220 g/mol. The maximum absolute atomic E-state index is 9.89. The third-order valence-corrected chi connectivity index (χ3v) is 3.29. The van der Waals surface area contributed by atoms with Crippen LogP contribution in [0.25, 0.3) is 0 Å². The van der Waals surface area contributed by atoms with Crippen molar-refractivity contribution >= 4 is 0 Å². The number of hydrogen-bond acceptors (Lipinski definition) is 2. The fourth-order valence-corrected chi connectivity index (χ4v) is 1.87.